The van der Waals surface area contributed by atoms with E-state index in [1.54, 1.807) is 4.90 Å². The Balaban J connectivity index is 2.51. The Labute approximate surface area is 71.2 Å². The molecule has 1 fully saturated rings. The van der Waals surface area contributed by atoms with Gasteiger partial charge in [0.2, 0.25) is 5.91 Å². The van der Waals surface area contributed by atoms with Gasteiger partial charge in [-0.25, -0.2) is 0 Å². The number of carboxylic acid groups (broad SMARTS) is 1. The predicted octanol–water partition coefficient (Wildman–Crippen LogP) is -1.01. The zero-order valence-corrected chi connectivity index (χ0v) is 7.08. The molecule has 0 aromatic rings. The highest BCUT2D eigenvalue weighted by Crippen LogP contribution is 2.15. The highest BCUT2D eigenvalue weighted by Gasteiger charge is 2.21. The van der Waals surface area contributed by atoms with Crippen molar-refractivity contribution in [2.75, 3.05) is 13.1 Å². The summed E-state index contributed by atoms with van der Waals surface area (Å²) in [4.78, 5) is 22.9. The van der Waals surface area contributed by atoms with Crippen LogP contribution in [0.3, 0.4) is 0 Å². The van der Waals surface area contributed by atoms with Gasteiger partial charge in [0.25, 0.3) is 0 Å². The molecule has 0 saturated carbocycles. The van der Waals surface area contributed by atoms with Crippen molar-refractivity contribution >= 4 is 11.9 Å². The largest absolute Gasteiger partial charge is 0.550 e. The maximum atomic E-state index is 10.9. The molecule has 1 amide bonds. The van der Waals surface area contributed by atoms with E-state index in [1.165, 1.54) is 6.92 Å². The van der Waals surface area contributed by atoms with E-state index in [9.17, 15) is 14.7 Å². The molecule has 68 valence electrons. The molecule has 0 aromatic carbocycles. The van der Waals surface area contributed by atoms with Crippen LogP contribution in [-0.2, 0) is 9.59 Å². The van der Waals surface area contributed by atoms with Gasteiger partial charge in [0, 0.05) is 31.9 Å². The minimum Gasteiger partial charge on any atom is -0.550 e. The molecule has 1 atom stereocenters. The van der Waals surface area contributed by atoms with Crippen LogP contribution in [0.15, 0.2) is 0 Å². The van der Waals surface area contributed by atoms with Crippen LogP contribution in [0, 0.1) is 5.92 Å². The Morgan fingerprint density at radius 3 is 2.67 bits per heavy atom. The number of likely N-dealkylation sites (tertiary alicyclic amines) is 1. The first-order chi connectivity index (χ1) is 5.61. The normalized spacial score (nSPS) is 23.8. The Bertz CT molecular complexity index is 182. The minimum atomic E-state index is -1.04. The maximum Gasteiger partial charge on any atom is 0.219 e. The number of aliphatic carboxylic acids is 1. The first-order valence-electron chi connectivity index (χ1n) is 4.07. The van der Waals surface area contributed by atoms with Gasteiger partial charge in [-0.05, 0) is 12.8 Å². The molecular formula is C8H12NO3-. The first kappa shape index (κ1) is 9.03. The minimum absolute atomic E-state index is 0.0547. The fourth-order valence-electron chi connectivity index (χ4n) is 1.46. The Kier molecular flexibility index (Phi) is 2.68. The Hall–Kier alpha value is -1.06. The fourth-order valence-corrected chi connectivity index (χ4v) is 1.46. The fraction of sp³-hybridized carbons (Fsp3) is 0.750. The molecule has 0 radical (unpaired) electrons. The quantitative estimate of drug-likeness (QED) is 0.507. The van der Waals surface area contributed by atoms with Crippen molar-refractivity contribution in [2.24, 2.45) is 5.92 Å². The van der Waals surface area contributed by atoms with Crippen LogP contribution in [0.1, 0.15) is 19.8 Å². The lowest BCUT2D eigenvalue weighted by Crippen LogP contribution is -2.45. The molecule has 0 spiro atoms. The third-order valence-electron chi connectivity index (χ3n) is 2.20. The summed E-state index contributed by atoms with van der Waals surface area (Å²) in [5.74, 6) is -1.57. The number of hydrogen-bond acceptors (Lipinski definition) is 3. The Morgan fingerprint density at radius 1 is 1.50 bits per heavy atom. The highest BCUT2D eigenvalue weighted by atomic mass is 16.4. The monoisotopic (exact) mass is 170 g/mol. The van der Waals surface area contributed by atoms with Crippen LogP contribution in [0.5, 0.6) is 0 Å². The lowest BCUT2D eigenvalue weighted by Gasteiger charge is -2.32. The van der Waals surface area contributed by atoms with E-state index in [0.29, 0.717) is 19.5 Å². The van der Waals surface area contributed by atoms with Gasteiger partial charge in [0.15, 0.2) is 0 Å². The van der Waals surface area contributed by atoms with Gasteiger partial charge in [-0.1, -0.05) is 0 Å². The zero-order valence-electron chi connectivity index (χ0n) is 7.08. The van der Waals surface area contributed by atoms with E-state index in [-0.39, 0.29) is 5.91 Å². The summed E-state index contributed by atoms with van der Waals surface area (Å²) >= 11 is 0. The molecule has 1 rings (SSSR count). The van der Waals surface area contributed by atoms with Crippen molar-refractivity contribution in [3.63, 3.8) is 0 Å². The summed E-state index contributed by atoms with van der Waals surface area (Å²) in [6, 6.07) is 0. The first-order valence-corrected chi connectivity index (χ1v) is 4.07. The molecule has 0 bridgehead atoms. The van der Waals surface area contributed by atoms with Crippen molar-refractivity contribution in [3.8, 4) is 0 Å². The van der Waals surface area contributed by atoms with Crippen LogP contribution in [0.2, 0.25) is 0 Å². The molecule has 12 heavy (non-hydrogen) atoms. The third kappa shape index (κ3) is 1.96. The standard InChI is InChI=1S/C8H13NO3/c1-6(10)9-4-2-3-7(5-9)8(11)12/h7H,2-5H2,1H3,(H,11,12)/p-1/t7-/m0/s1. The molecule has 0 aromatic heterocycles. The lowest BCUT2D eigenvalue weighted by atomic mass is 9.98. The van der Waals surface area contributed by atoms with Crippen molar-refractivity contribution in [2.45, 2.75) is 19.8 Å². The zero-order chi connectivity index (χ0) is 9.14. The van der Waals surface area contributed by atoms with E-state index in [1.807, 2.05) is 0 Å². The number of carboxylic acids is 1. The number of piperidine rings is 1. The summed E-state index contributed by atoms with van der Waals surface area (Å²) in [6.45, 7) is 2.45. The van der Waals surface area contributed by atoms with Gasteiger partial charge in [-0.15, -0.1) is 0 Å². The number of amides is 1. The average molecular weight is 170 g/mol. The number of carbonyl (C=O) groups is 2. The number of nitrogens with zero attached hydrogens (tertiary/aromatic N) is 1. The summed E-state index contributed by atoms with van der Waals surface area (Å²) in [5.41, 5.74) is 0. The van der Waals surface area contributed by atoms with Crippen molar-refractivity contribution in [1.82, 2.24) is 4.90 Å². The summed E-state index contributed by atoms with van der Waals surface area (Å²) in [6.07, 6.45) is 1.39. The molecule has 1 aliphatic rings. The summed E-state index contributed by atoms with van der Waals surface area (Å²) in [5, 5.41) is 10.5. The topological polar surface area (TPSA) is 60.4 Å². The molecule has 0 unspecified atom stereocenters. The van der Waals surface area contributed by atoms with Crippen molar-refractivity contribution in [1.29, 1.82) is 0 Å². The molecule has 4 nitrogen and oxygen atoms in total. The second-order valence-electron chi connectivity index (χ2n) is 3.12. The van der Waals surface area contributed by atoms with Crippen LogP contribution in [-0.4, -0.2) is 29.9 Å². The number of hydrogen-bond donors (Lipinski definition) is 0. The second kappa shape index (κ2) is 3.56. The van der Waals surface area contributed by atoms with Crippen LogP contribution < -0.4 is 5.11 Å². The molecule has 0 N–H and O–H groups in total. The van der Waals surface area contributed by atoms with Crippen LogP contribution >= 0.6 is 0 Å². The summed E-state index contributed by atoms with van der Waals surface area (Å²) < 4.78 is 0. The smallest absolute Gasteiger partial charge is 0.219 e. The van der Waals surface area contributed by atoms with E-state index < -0.39 is 11.9 Å². The number of rotatable bonds is 1. The molecule has 1 heterocycles. The second-order valence-corrected chi connectivity index (χ2v) is 3.12. The van der Waals surface area contributed by atoms with Crippen molar-refractivity contribution < 1.29 is 14.7 Å². The van der Waals surface area contributed by atoms with Crippen LogP contribution in [0.25, 0.3) is 0 Å². The van der Waals surface area contributed by atoms with Gasteiger partial charge in [0.1, 0.15) is 0 Å². The van der Waals surface area contributed by atoms with Crippen molar-refractivity contribution in [3.05, 3.63) is 0 Å². The van der Waals surface area contributed by atoms with E-state index in [4.69, 9.17) is 0 Å². The molecule has 1 saturated heterocycles. The van der Waals surface area contributed by atoms with E-state index >= 15 is 0 Å². The van der Waals surface area contributed by atoms with E-state index in [0.717, 1.165) is 6.42 Å². The molecule has 0 aliphatic carbocycles. The van der Waals surface area contributed by atoms with Gasteiger partial charge >= 0.3 is 0 Å². The summed E-state index contributed by atoms with van der Waals surface area (Å²) in [7, 11) is 0. The highest BCUT2D eigenvalue weighted by molar-refractivity contribution is 5.75. The van der Waals surface area contributed by atoms with Gasteiger partial charge in [-0.2, -0.15) is 0 Å². The SMILES string of the molecule is CC(=O)N1CCC[C@H](C(=O)[O-])C1. The average Bonchev–Trinajstić information content (AvgIpc) is 2.04. The predicted molar refractivity (Wildman–Crippen MR) is 40.0 cm³/mol. The van der Waals surface area contributed by atoms with E-state index in [2.05, 4.69) is 0 Å². The van der Waals surface area contributed by atoms with Crippen LogP contribution in [0.4, 0.5) is 0 Å². The number of carbonyl (C=O) groups excluding carboxylic acids is 2. The molecule has 1 aliphatic heterocycles. The van der Waals surface area contributed by atoms with Gasteiger partial charge in [0.05, 0.1) is 0 Å². The maximum absolute atomic E-state index is 10.9. The molecule has 4 heteroatoms. The Morgan fingerprint density at radius 2 is 2.17 bits per heavy atom. The third-order valence-corrected chi connectivity index (χ3v) is 2.20. The van der Waals surface area contributed by atoms with Gasteiger partial charge < -0.3 is 14.8 Å². The van der Waals surface area contributed by atoms with Gasteiger partial charge in [-0.3, -0.25) is 4.79 Å². The lowest BCUT2D eigenvalue weighted by molar-refractivity contribution is -0.312. The molecular weight excluding hydrogens is 158 g/mol.